The van der Waals surface area contributed by atoms with Crippen molar-refractivity contribution in [3.63, 3.8) is 0 Å². The van der Waals surface area contributed by atoms with Crippen molar-refractivity contribution in [2.75, 3.05) is 13.2 Å². The summed E-state index contributed by atoms with van der Waals surface area (Å²) in [5, 5.41) is 7.59. The molecule has 0 aliphatic carbocycles. The molecule has 0 saturated carbocycles. The van der Waals surface area contributed by atoms with E-state index in [2.05, 4.69) is 10.4 Å². The van der Waals surface area contributed by atoms with Crippen LogP contribution in [0.5, 0.6) is 0 Å². The highest BCUT2D eigenvalue weighted by molar-refractivity contribution is 5.89. The van der Waals surface area contributed by atoms with Gasteiger partial charge in [-0.25, -0.2) is 4.79 Å². The van der Waals surface area contributed by atoms with E-state index in [1.165, 1.54) is 5.69 Å². The van der Waals surface area contributed by atoms with Crippen molar-refractivity contribution < 1.29 is 9.53 Å². The number of fused-ring (bicyclic) bond motifs is 1. The lowest BCUT2D eigenvalue weighted by atomic mass is 10.1. The van der Waals surface area contributed by atoms with Crippen LogP contribution >= 0.6 is 0 Å². The van der Waals surface area contributed by atoms with E-state index in [0.717, 1.165) is 25.1 Å². The lowest BCUT2D eigenvalue weighted by molar-refractivity contribution is 0.0517. The largest absolute Gasteiger partial charge is 0.461 e. The Bertz CT molecular complexity index is 398. The summed E-state index contributed by atoms with van der Waals surface area (Å²) in [6, 6.07) is 0. The van der Waals surface area contributed by atoms with E-state index in [1.807, 2.05) is 11.6 Å². The minimum atomic E-state index is -0.311. The van der Waals surface area contributed by atoms with Gasteiger partial charge in [0, 0.05) is 37.3 Å². The normalized spacial score (nSPS) is 14.6. The van der Waals surface area contributed by atoms with Crippen molar-refractivity contribution in [1.82, 2.24) is 15.1 Å². The smallest absolute Gasteiger partial charge is 0.359 e. The predicted octanol–water partition coefficient (Wildman–Crippen LogP) is 0.725. The first-order chi connectivity index (χ1) is 7.77. The summed E-state index contributed by atoms with van der Waals surface area (Å²) >= 11 is 0. The zero-order valence-electron chi connectivity index (χ0n) is 9.75. The summed E-state index contributed by atoms with van der Waals surface area (Å²) in [7, 11) is 0. The van der Waals surface area contributed by atoms with Crippen LogP contribution in [0.2, 0.25) is 0 Å². The van der Waals surface area contributed by atoms with Crippen LogP contribution in [0.3, 0.4) is 0 Å². The van der Waals surface area contributed by atoms with Gasteiger partial charge in [-0.05, 0) is 13.8 Å². The highest BCUT2D eigenvalue weighted by atomic mass is 16.5. The number of nitrogens with zero attached hydrogens (tertiary/aromatic N) is 2. The van der Waals surface area contributed by atoms with Gasteiger partial charge < -0.3 is 10.1 Å². The molecule has 0 saturated heterocycles. The Kier molecular flexibility index (Phi) is 3.24. The van der Waals surface area contributed by atoms with Crippen LogP contribution in [-0.2, 0) is 24.2 Å². The van der Waals surface area contributed by atoms with Crippen molar-refractivity contribution in [3.05, 3.63) is 17.0 Å². The number of hydrogen-bond acceptors (Lipinski definition) is 4. The third-order valence-electron chi connectivity index (χ3n) is 2.78. The molecule has 5 heteroatoms. The van der Waals surface area contributed by atoms with Crippen molar-refractivity contribution >= 4 is 5.97 Å². The number of nitrogens with one attached hydrogen (secondary N) is 1. The molecular weight excluding hydrogens is 206 g/mol. The summed E-state index contributed by atoms with van der Waals surface area (Å²) in [4.78, 5) is 11.7. The average Bonchev–Trinajstić information content (AvgIpc) is 2.68. The van der Waals surface area contributed by atoms with Crippen LogP contribution in [0.15, 0.2) is 0 Å². The number of aryl methyl sites for hydroxylation is 1. The third kappa shape index (κ3) is 1.82. The molecule has 1 aromatic rings. The number of carbonyl (C=O) groups is 1. The highest BCUT2D eigenvalue weighted by Gasteiger charge is 2.24. The molecule has 0 radical (unpaired) electrons. The molecule has 0 aromatic carbocycles. The second-order valence-corrected chi connectivity index (χ2v) is 3.74. The molecule has 1 aliphatic heterocycles. The molecule has 1 aromatic heterocycles. The van der Waals surface area contributed by atoms with Crippen LogP contribution in [0.25, 0.3) is 0 Å². The number of rotatable bonds is 3. The van der Waals surface area contributed by atoms with Crippen LogP contribution in [0.4, 0.5) is 0 Å². The summed E-state index contributed by atoms with van der Waals surface area (Å²) in [6.07, 6.45) is 0.926. The van der Waals surface area contributed by atoms with E-state index in [4.69, 9.17) is 4.74 Å². The second kappa shape index (κ2) is 4.65. The third-order valence-corrected chi connectivity index (χ3v) is 2.78. The zero-order chi connectivity index (χ0) is 11.5. The maximum atomic E-state index is 11.7. The standard InChI is InChI=1S/C11H17N3O2/c1-3-14-9-5-6-12-7-8(9)10(13-14)11(15)16-4-2/h12H,3-7H2,1-2H3. The molecule has 0 fully saturated rings. The predicted molar refractivity (Wildman–Crippen MR) is 59.3 cm³/mol. The summed E-state index contributed by atoms with van der Waals surface area (Å²) in [5.74, 6) is -0.311. The van der Waals surface area contributed by atoms with Gasteiger partial charge in [0.15, 0.2) is 5.69 Å². The summed E-state index contributed by atoms with van der Waals surface area (Å²) in [6.45, 7) is 6.68. The SMILES string of the molecule is CCOC(=O)c1nn(CC)c2c1CNCC2. The summed E-state index contributed by atoms with van der Waals surface area (Å²) in [5.41, 5.74) is 2.65. The molecule has 16 heavy (non-hydrogen) atoms. The molecule has 1 N–H and O–H groups in total. The van der Waals surface area contributed by atoms with E-state index >= 15 is 0 Å². The fraction of sp³-hybridized carbons (Fsp3) is 0.636. The Morgan fingerprint density at radius 2 is 2.38 bits per heavy atom. The van der Waals surface area contributed by atoms with Gasteiger partial charge in [-0.2, -0.15) is 5.10 Å². The fourth-order valence-corrected chi connectivity index (χ4v) is 2.04. The maximum absolute atomic E-state index is 11.7. The number of carbonyl (C=O) groups excluding carboxylic acids is 1. The Labute approximate surface area is 94.8 Å². The lowest BCUT2D eigenvalue weighted by Gasteiger charge is -2.14. The monoisotopic (exact) mass is 223 g/mol. The van der Waals surface area contributed by atoms with Crippen LogP contribution < -0.4 is 5.32 Å². The Balaban J connectivity index is 2.38. The highest BCUT2D eigenvalue weighted by Crippen LogP contribution is 2.19. The molecular formula is C11H17N3O2. The number of aromatic nitrogens is 2. The molecule has 1 aliphatic rings. The molecule has 0 atom stereocenters. The van der Waals surface area contributed by atoms with Crippen LogP contribution in [0.1, 0.15) is 35.6 Å². The Morgan fingerprint density at radius 3 is 3.06 bits per heavy atom. The Morgan fingerprint density at radius 1 is 1.56 bits per heavy atom. The molecule has 0 bridgehead atoms. The molecule has 0 unspecified atom stereocenters. The van der Waals surface area contributed by atoms with Gasteiger partial charge in [0.2, 0.25) is 0 Å². The maximum Gasteiger partial charge on any atom is 0.359 e. The Hall–Kier alpha value is -1.36. The van der Waals surface area contributed by atoms with Crippen molar-refractivity contribution in [2.45, 2.75) is 33.4 Å². The van der Waals surface area contributed by atoms with Crippen molar-refractivity contribution in [2.24, 2.45) is 0 Å². The van der Waals surface area contributed by atoms with Crippen molar-refractivity contribution in [3.8, 4) is 0 Å². The number of esters is 1. The number of hydrogen-bond donors (Lipinski definition) is 1. The molecule has 2 rings (SSSR count). The van der Waals surface area contributed by atoms with Gasteiger partial charge >= 0.3 is 5.97 Å². The molecule has 5 nitrogen and oxygen atoms in total. The van der Waals surface area contributed by atoms with Gasteiger partial charge in [0.25, 0.3) is 0 Å². The fourth-order valence-electron chi connectivity index (χ4n) is 2.04. The minimum Gasteiger partial charge on any atom is -0.461 e. The summed E-state index contributed by atoms with van der Waals surface area (Å²) < 4.78 is 6.91. The van der Waals surface area contributed by atoms with E-state index in [0.29, 0.717) is 18.8 Å². The van der Waals surface area contributed by atoms with E-state index in [-0.39, 0.29) is 5.97 Å². The first-order valence-electron chi connectivity index (χ1n) is 5.74. The molecule has 0 amide bonds. The molecule has 0 spiro atoms. The second-order valence-electron chi connectivity index (χ2n) is 3.74. The first kappa shape index (κ1) is 11.1. The van der Waals surface area contributed by atoms with Gasteiger partial charge in [-0.1, -0.05) is 0 Å². The molecule has 88 valence electrons. The van der Waals surface area contributed by atoms with Gasteiger partial charge in [0.05, 0.1) is 6.61 Å². The van der Waals surface area contributed by atoms with Crippen LogP contribution in [-0.4, -0.2) is 28.9 Å². The van der Waals surface area contributed by atoms with E-state index in [1.54, 1.807) is 6.92 Å². The quantitative estimate of drug-likeness (QED) is 0.767. The van der Waals surface area contributed by atoms with E-state index < -0.39 is 0 Å². The van der Waals surface area contributed by atoms with Gasteiger partial charge in [-0.3, -0.25) is 4.68 Å². The average molecular weight is 223 g/mol. The number of ether oxygens (including phenoxy) is 1. The zero-order valence-corrected chi connectivity index (χ0v) is 9.75. The van der Waals surface area contributed by atoms with E-state index in [9.17, 15) is 4.79 Å². The van der Waals surface area contributed by atoms with Gasteiger partial charge in [0.1, 0.15) is 0 Å². The van der Waals surface area contributed by atoms with Crippen LogP contribution in [0, 0.1) is 0 Å². The lowest BCUT2D eigenvalue weighted by Crippen LogP contribution is -2.25. The molecule has 2 heterocycles. The first-order valence-corrected chi connectivity index (χ1v) is 5.74. The van der Waals surface area contributed by atoms with Gasteiger partial charge in [-0.15, -0.1) is 0 Å². The van der Waals surface area contributed by atoms with Crippen molar-refractivity contribution in [1.29, 1.82) is 0 Å². The topological polar surface area (TPSA) is 56.1 Å². The minimum absolute atomic E-state index is 0.311.